The zero-order chi connectivity index (χ0) is 13.9. The van der Waals surface area contributed by atoms with Gasteiger partial charge in [-0.2, -0.15) is 5.26 Å². The lowest BCUT2D eigenvalue weighted by Gasteiger charge is -2.18. The van der Waals surface area contributed by atoms with E-state index in [1.54, 1.807) is 0 Å². The van der Waals surface area contributed by atoms with Crippen molar-refractivity contribution in [3.05, 3.63) is 16.0 Å². The molecule has 0 spiro atoms. The quantitative estimate of drug-likeness (QED) is 0.914. The normalized spacial score (nSPS) is 11.1. The van der Waals surface area contributed by atoms with Gasteiger partial charge in [-0.15, -0.1) is 11.3 Å². The number of nitrogens with zero attached hydrogens (tertiary/aromatic N) is 1. The standard InChI is InChI=1S/C13H18N2O2S/c1-8-9(2)18-12(10(8)6-14)15-11(16)7-17-13(3,4)5/h7H2,1-5H3,(H,15,16). The van der Waals surface area contributed by atoms with Crippen LogP contribution in [0.15, 0.2) is 0 Å². The molecule has 0 aromatic carbocycles. The summed E-state index contributed by atoms with van der Waals surface area (Å²) in [6, 6.07) is 2.12. The van der Waals surface area contributed by atoms with Crippen LogP contribution in [0.25, 0.3) is 0 Å². The van der Waals surface area contributed by atoms with Gasteiger partial charge in [0.15, 0.2) is 0 Å². The fraction of sp³-hybridized carbons (Fsp3) is 0.538. The number of hydrogen-bond donors (Lipinski definition) is 1. The van der Waals surface area contributed by atoms with Gasteiger partial charge in [0, 0.05) is 4.88 Å². The number of carbonyl (C=O) groups excluding carboxylic acids is 1. The number of amides is 1. The Morgan fingerprint density at radius 3 is 2.56 bits per heavy atom. The maximum atomic E-state index is 11.7. The monoisotopic (exact) mass is 266 g/mol. The minimum Gasteiger partial charge on any atom is -0.366 e. The van der Waals surface area contributed by atoms with Crippen molar-refractivity contribution < 1.29 is 9.53 Å². The lowest BCUT2D eigenvalue weighted by molar-refractivity contribution is -0.125. The van der Waals surface area contributed by atoms with Crippen molar-refractivity contribution in [1.29, 1.82) is 5.26 Å². The number of aryl methyl sites for hydroxylation is 1. The average molecular weight is 266 g/mol. The Hall–Kier alpha value is -1.38. The molecule has 0 saturated heterocycles. The first-order valence-electron chi connectivity index (χ1n) is 5.68. The first-order valence-corrected chi connectivity index (χ1v) is 6.50. The smallest absolute Gasteiger partial charge is 0.251 e. The number of hydrogen-bond acceptors (Lipinski definition) is 4. The number of anilines is 1. The number of thiophene rings is 1. The van der Waals surface area contributed by atoms with E-state index < -0.39 is 0 Å². The van der Waals surface area contributed by atoms with Crippen molar-refractivity contribution in [1.82, 2.24) is 0 Å². The van der Waals surface area contributed by atoms with E-state index >= 15 is 0 Å². The van der Waals surface area contributed by atoms with Crippen LogP contribution in [0.1, 0.15) is 36.8 Å². The van der Waals surface area contributed by atoms with E-state index in [-0.39, 0.29) is 18.1 Å². The topological polar surface area (TPSA) is 62.1 Å². The highest BCUT2D eigenvalue weighted by atomic mass is 32.1. The van der Waals surface area contributed by atoms with E-state index in [0.717, 1.165) is 10.4 Å². The van der Waals surface area contributed by atoms with Crippen molar-refractivity contribution in [2.24, 2.45) is 0 Å². The summed E-state index contributed by atoms with van der Waals surface area (Å²) in [4.78, 5) is 12.7. The molecule has 0 radical (unpaired) electrons. The second-order valence-corrected chi connectivity index (χ2v) is 6.27. The van der Waals surface area contributed by atoms with E-state index in [2.05, 4.69) is 11.4 Å². The van der Waals surface area contributed by atoms with Crippen LogP contribution in [0.3, 0.4) is 0 Å². The predicted octanol–water partition coefficient (Wildman–Crippen LogP) is 2.99. The minimum absolute atomic E-state index is 0.00956. The fourth-order valence-electron chi connectivity index (χ4n) is 1.29. The van der Waals surface area contributed by atoms with Crippen LogP contribution in [0.4, 0.5) is 5.00 Å². The molecule has 1 aromatic heterocycles. The number of carbonyl (C=O) groups is 1. The number of ether oxygens (including phenoxy) is 1. The van der Waals surface area contributed by atoms with Crippen LogP contribution in [0.2, 0.25) is 0 Å². The third-order valence-electron chi connectivity index (χ3n) is 2.39. The fourth-order valence-corrected chi connectivity index (χ4v) is 2.32. The third kappa shape index (κ3) is 3.83. The van der Waals surface area contributed by atoms with Gasteiger partial charge >= 0.3 is 0 Å². The lowest BCUT2D eigenvalue weighted by atomic mass is 10.2. The maximum absolute atomic E-state index is 11.7. The molecule has 1 N–H and O–H groups in total. The molecule has 1 rings (SSSR count). The maximum Gasteiger partial charge on any atom is 0.251 e. The average Bonchev–Trinajstić information content (AvgIpc) is 2.50. The van der Waals surface area contributed by atoms with Crippen LogP contribution >= 0.6 is 11.3 Å². The van der Waals surface area contributed by atoms with Gasteiger partial charge in [-0.05, 0) is 40.2 Å². The molecule has 98 valence electrons. The molecule has 0 bridgehead atoms. The van der Waals surface area contributed by atoms with E-state index in [4.69, 9.17) is 10.00 Å². The Morgan fingerprint density at radius 1 is 1.44 bits per heavy atom. The minimum atomic E-state index is -0.351. The third-order valence-corrected chi connectivity index (χ3v) is 3.51. The zero-order valence-corrected chi connectivity index (χ0v) is 12.2. The van der Waals surface area contributed by atoms with Gasteiger partial charge in [-0.1, -0.05) is 0 Å². The summed E-state index contributed by atoms with van der Waals surface area (Å²) in [5, 5.41) is 12.4. The molecular weight excluding hydrogens is 248 g/mol. The van der Waals surface area contributed by atoms with Crippen molar-refractivity contribution in [3.63, 3.8) is 0 Å². The largest absolute Gasteiger partial charge is 0.366 e. The van der Waals surface area contributed by atoms with Gasteiger partial charge in [-0.3, -0.25) is 4.79 Å². The van der Waals surface area contributed by atoms with Crippen LogP contribution in [0.5, 0.6) is 0 Å². The van der Waals surface area contributed by atoms with E-state index in [9.17, 15) is 4.79 Å². The number of nitrogens with one attached hydrogen (secondary N) is 1. The summed E-state index contributed by atoms with van der Waals surface area (Å²) in [5.41, 5.74) is 1.12. The highest BCUT2D eigenvalue weighted by Gasteiger charge is 2.17. The summed E-state index contributed by atoms with van der Waals surface area (Å²) < 4.78 is 5.38. The molecule has 0 aliphatic carbocycles. The van der Waals surface area contributed by atoms with Crippen molar-refractivity contribution >= 4 is 22.2 Å². The van der Waals surface area contributed by atoms with E-state index in [1.807, 2.05) is 34.6 Å². The van der Waals surface area contributed by atoms with Gasteiger partial charge in [-0.25, -0.2) is 0 Å². The zero-order valence-electron chi connectivity index (χ0n) is 11.4. The Labute approximate surface area is 112 Å². The second kappa shape index (κ2) is 5.51. The molecule has 0 atom stereocenters. The Bertz CT molecular complexity index is 492. The molecular formula is C13H18N2O2S. The van der Waals surface area contributed by atoms with Crippen LogP contribution in [-0.2, 0) is 9.53 Å². The molecule has 0 saturated carbocycles. The molecule has 0 aliphatic heterocycles. The summed E-state index contributed by atoms with van der Waals surface area (Å²) in [6.07, 6.45) is 0. The Balaban J connectivity index is 2.72. The van der Waals surface area contributed by atoms with Gasteiger partial charge in [0.1, 0.15) is 17.7 Å². The molecule has 1 aromatic rings. The van der Waals surface area contributed by atoms with E-state index in [1.165, 1.54) is 11.3 Å². The van der Waals surface area contributed by atoms with Crippen LogP contribution < -0.4 is 5.32 Å². The van der Waals surface area contributed by atoms with Crippen molar-refractivity contribution in [3.8, 4) is 6.07 Å². The summed E-state index contributed by atoms with van der Waals surface area (Å²) in [5.74, 6) is -0.234. The first kappa shape index (κ1) is 14.7. The molecule has 5 heteroatoms. The van der Waals surface area contributed by atoms with Crippen molar-refractivity contribution in [2.75, 3.05) is 11.9 Å². The molecule has 1 heterocycles. The lowest BCUT2D eigenvalue weighted by Crippen LogP contribution is -2.27. The molecule has 18 heavy (non-hydrogen) atoms. The molecule has 0 fully saturated rings. The second-order valence-electron chi connectivity index (χ2n) is 5.05. The molecule has 4 nitrogen and oxygen atoms in total. The van der Waals surface area contributed by atoms with Crippen LogP contribution in [0, 0.1) is 25.2 Å². The van der Waals surface area contributed by atoms with Gasteiger partial charge in [0.2, 0.25) is 0 Å². The van der Waals surface area contributed by atoms with Crippen molar-refractivity contribution in [2.45, 2.75) is 40.2 Å². The summed E-state index contributed by atoms with van der Waals surface area (Å²) in [6.45, 7) is 9.47. The molecule has 0 aliphatic rings. The highest BCUT2D eigenvalue weighted by molar-refractivity contribution is 7.16. The highest BCUT2D eigenvalue weighted by Crippen LogP contribution is 2.31. The summed E-state index contributed by atoms with van der Waals surface area (Å²) in [7, 11) is 0. The summed E-state index contributed by atoms with van der Waals surface area (Å²) >= 11 is 1.42. The number of rotatable bonds is 3. The van der Waals surface area contributed by atoms with Gasteiger partial charge in [0.25, 0.3) is 5.91 Å². The number of nitriles is 1. The van der Waals surface area contributed by atoms with Gasteiger partial charge < -0.3 is 10.1 Å². The Morgan fingerprint density at radius 2 is 2.06 bits per heavy atom. The SMILES string of the molecule is Cc1sc(NC(=O)COC(C)(C)C)c(C#N)c1C. The molecule has 1 amide bonds. The van der Waals surface area contributed by atoms with Gasteiger partial charge in [0.05, 0.1) is 11.2 Å². The predicted molar refractivity (Wildman–Crippen MR) is 72.8 cm³/mol. The Kier molecular flexibility index (Phi) is 4.49. The first-order chi connectivity index (χ1) is 8.24. The van der Waals surface area contributed by atoms with E-state index in [0.29, 0.717) is 10.6 Å². The van der Waals surface area contributed by atoms with Crippen LogP contribution in [-0.4, -0.2) is 18.1 Å². The molecule has 0 unspecified atom stereocenters.